The van der Waals surface area contributed by atoms with Crippen LogP contribution in [0.5, 0.6) is 5.88 Å². The molecule has 0 radical (unpaired) electrons. The normalized spacial score (nSPS) is 17.1. The van der Waals surface area contributed by atoms with E-state index in [0.717, 1.165) is 18.3 Å². The first kappa shape index (κ1) is 14.9. The van der Waals surface area contributed by atoms with Gasteiger partial charge in [-0.3, -0.25) is 0 Å². The van der Waals surface area contributed by atoms with Crippen molar-refractivity contribution in [1.29, 1.82) is 0 Å². The van der Waals surface area contributed by atoms with Gasteiger partial charge in [-0.2, -0.15) is 4.98 Å². The van der Waals surface area contributed by atoms with E-state index in [4.69, 9.17) is 10.5 Å². The van der Waals surface area contributed by atoms with Crippen molar-refractivity contribution in [2.24, 2.45) is 5.92 Å². The van der Waals surface area contributed by atoms with Gasteiger partial charge >= 0.3 is 0 Å². The van der Waals surface area contributed by atoms with Gasteiger partial charge in [0.25, 0.3) is 0 Å². The van der Waals surface area contributed by atoms with Gasteiger partial charge in [0.1, 0.15) is 5.82 Å². The Balaban J connectivity index is 1.77. The molecule has 2 heterocycles. The Morgan fingerprint density at radius 3 is 2.85 bits per heavy atom. The lowest BCUT2D eigenvalue weighted by Gasteiger charge is -2.28. The van der Waals surface area contributed by atoms with E-state index >= 15 is 0 Å². The molecule has 20 heavy (non-hydrogen) atoms. The average Bonchev–Trinajstić information content (AvgIpc) is 2.45. The SMILES string of the molecule is CCOc1nc(NCCC2CCN(C)CC2)ccc1N. The number of likely N-dealkylation sites (tertiary alicyclic amines) is 1. The van der Waals surface area contributed by atoms with Gasteiger partial charge in [0.15, 0.2) is 0 Å². The summed E-state index contributed by atoms with van der Waals surface area (Å²) in [7, 11) is 2.20. The van der Waals surface area contributed by atoms with Crippen LogP contribution < -0.4 is 15.8 Å². The number of nitrogens with zero attached hydrogens (tertiary/aromatic N) is 2. The zero-order chi connectivity index (χ0) is 14.4. The molecule has 1 saturated heterocycles. The summed E-state index contributed by atoms with van der Waals surface area (Å²) in [5, 5.41) is 3.37. The summed E-state index contributed by atoms with van der Waals surface area (Å²) in [4.78, 5) is 6.79. The molecule has 1 fully saturated rings. The molecule has 0 aromatic carbocycles. The minimum absolute atomic E-state index is 0.525. The van der Waals surface area contributed by atoms with E-state index in [1.165, 1.54) is 32.4 Å². The first-order chi connectivity index (χ1) is 9.69. The molecular weight excluding hydrogens is 252 g/mol. The summed E-state index contributed by atoms with van der Waals surface area (Å²) < 4.78 is 5.40. The zero-order valence-electron chi connectivity index (χ0n) is 12.6. The Labute approximate surface area is 121 Å². The number of piperidine rings is 1. The number of pyridine rings is 1. The number of rotatable bonds is 6. The number of hydrogen-bond acceptors (Lipinski definition) is 5. The van der Waals surface area contributed by atoms with Gasteiger partial charge in [0.2, 0.25) is 5.88 Å². The van der Waals surface area contributed by atoms with Crippen molar-refractivity contribution in [1.82, 2.24) is 9.88 Å². The standard InChI is InChI=1S/C15H26N4O/c1-3-20-15-13(16)4-5-14(18-15)17-9-6-12-7-10-19(2)11-8-12/h4-5,12H,3,6-11,16H2,1-2H3,(H,17,18). The smallest absolute Gasteiger partial charge is 0.239 e. The van der Waals surface area contributed by atoms with Gasteiger partial charge in [-0.25, -0.2) is 0 Å². The summed E-state index contributed by atoms with van der Waals surface area (Å²) >= 11 is 0. The summed E-state index contributed by atoms with van der Waals surface area (Å²) in [6, 6.07) is 3.75. The van der Waals surface area contributed by atoms with Gasteiger partial charge in [-0.15, -0.1) is 0 Å². The molecule has 2 rings (SSSR count). The Bertz CT molecular complexity index is 416. The van der Waals surface area contributed by atoms with Gasteiger partial charge in [-0.1, -0.05) is 0 Å². The van der Waals surface area contributed by atoms with E-state index in [1.807, 2.05) is 19.1 Å². The van der Waals surface area contributed by atoms with Crippen molar-refractivity contribution in [3.05, 3.63) is 12.1 Å². The van der Waals surface area contributed by atoms with Crippen molar-refractivity contribution in [2.75, 3.05) is 44.3 Å². The second-order valence-electron chi connectivity index (χ2n) is 5.49. The molecule has 1 aromatic rings. The van der Waals surface area contributed by atoms with E-state index in [1.54, 1.807) is 0 Å². The molecule has 0 bridgehead atoms. The second kappa shape index (κ2) is 7.33. The Morgan fingerprint density at radius 1 is 1.40 bits per heavy atom. The maximum atomic E-state index is 5.81. The first-order valence-electron chi connectivity index (χ1n) is 7.50. The third-order valence-corrected chi connectivity index (χ3v) is 3.87. The fourth-order valence-corrected chi connectivity index (χ4v) is 2.56. The number of nitrogens with one attached hydrogen (secondary N) is 1. The third-order valence-electron chi connectivity index (χ3n) is 3.87. The minimum atomic E-state index is 0.525. The highest BCUT2D eigenvalue weighted by Gasteiger charge is 2.16. The first-order valence-corrected chi connectivity index (χ1v) is 7.50. The molecule has 1 aliphatic heterocycles. The van der Waals surface area contributed by atoms with Crippen LogP contribution in [0.1, 0.15) is 26.2 Å². The van der Waals surface area contributed by atoms with Gasteiger partial charge in [-0.05, 0) is 64.4 Å². The molecule has 1 aromatic heterocycles. The predicted molar refractivity (Wildman–Crippen MR) is 83.1 cm³/mol. The van der Waals surface area contributed by atoms with Crippen molar-refractivity contribution < 1.29 is 4.74 Å². The molecule has 1 aliphatic rings. The lowest BCUT2D eigenvalue weighted by Crippen LogP contribution is -2.30. The number of ether oxygens (including phenoxy) is 1. The van der Waals surface area contributed by atoms with Crippen LogP contribution >= 0.6 is 0 Å². The quantitative estimate of drug-likeness (QED) is 0.835. The highest BCUT2D eigenvalue weighted by molar-refractivity contribution is 5.53. The summed E-state index contributed by atoms with van der Waals surface area (Å²) in [6.07, 6.45) is 3.80. The predicted octanol–water partition coefficient (Wildman–Crippen LogP) is 2.21. The van der Waals surface area contributed by atoms with E-state index in [0.29, 0.717) is 18.2 Å². The fraction of sp³-hybridized carbons (Fsp3) is 0.667. The van der Waals surface area contributed by atoms with Crippen molar-refractivity contribution in [3.8, 4) is 5.88 Å². The average molecular weight is 278 g/mol. The van der Waals surface area contributed by atoms with Crippen molar-refractivity contribution >= 4 is 11.5 Å². The number of nitrogens with two attached hydrogens (primary N) is 1. The summed E-state index contributed by atoms with van der Waals surface area (Å²) in [6.45, 7) is 5.91. The van der Waals surface area contributed by atoms with Crippen LogP contribution in [-0.2, 0) is 0 Å². The van der Waals surface area contributed by atoms with Crippen LogP contribution in [0.2, 0.25) is 0 Å². The van der Waals surface area contributed by atoms with Gasteiger partial charge < -0.3 is 20.7 Å². The highest BCUT2D eigenvalue weighted by atomic mass is 16.5. The Morgan fingerprint density at radius 2 is 2.15 bits per heavy atom. The number of anilines is 2. The molecule has 5 nitrogen and oxygen atoms in total. The molecule has 5 heteroatoms. The van der Waals surface area contributed by atoms with Crippen LogP contribution in [0.4, 0.5) is 11.5 Å². The molecule has 0 aliphatic carbocycles. The summed E-state index contributed by atoms with van der Waals surface area (Å²) in [5.41, 5.74) is 6.40. The number of aromatic nitrogens is 1. The molecule has 0 atom stereocenters. The molecular formula is C15H26N4O. The van der Waals surface area contributed by atoms with Crippen LogP contribution in [0.15, 0.2) is 12.1 Å². The topological polar surface area (TPSA) is 63.4 Å². The molecule has 0 amide bonds. The number of hydrogen-bond donors (Lipinski definition) is 2. The van der Waals surface area contributed by atoms with Gasteiger partial charge in [0.05, 0.1) is 12.3 Å². The maximum absolute atomic E-state index is 5.81. The third kappa shape index (κ3) is 4.27. The van der Waals surface area contributed by atoms with Crippen molar-refractivity contribution in [2.45, 2.75) is 26.2 Å². The zero-order valence-corrected chi connectivity index (χ0v) is 12.6. The monoisotopic (exact) mass is 278 g/mol. The van der Waals surface area contributed by atoms with Crippen LogP contribution in [0.25, 0.3) is 0 Å². The van der Waals surface area contributed by atoms with Crippen LogP contribution in [0.3, 0.4) is 0 Å². The lowest BCUT2D eigenvalue weighted by atomic mass is 9.94. The lowest BCUT2D eigenvalue weighted by molar-refractivity contribution is 0.215. The molecule has 112 valence electrons. The number of nitrogen functional groups attached to an aromatic ring is 1. The molecule has 0 unspecified atom stereocenters. The Hall–Kier alpha value is -1.49. The molecule has 3 N–H and O–H groups in total. The van der Waals surface area contributed by atoms with Crippen LogP contribution in [0, 0.1) is 5.92 Å². The maximum Gasteiger partial charge on any atom is 0.239 e. The van der Waals surface area contributed by atoms with Crippen molar-refractivity contribution in [3.63, 3.8) is 0 Å². The fourth-order valence-electron chi connectivity index (χ4n) is 2.56. The second-order valence-corrected chi connectivity index (χ2v) is 5.49. The van der Waals surface area contributed by atoms with Crippen LogP contribution in [-0.4, -0.2) is 43.2 Å². The Kier molecular flexibility index (Phi) is 5.47. The molecule has 0 saturated carbocycles. The minimum Gasteiger partial charge on any atom is -0.476 e. The van der Waals surface area contributed by atoms with Gasteiger partial charge in [0, 0.05) is 6.54 Å². The van der Waals surface area contributed by atoms with E-state index < -0.39 is 0 Å². The summed E-state index contributed by atoms with van der Waals surface area (Å²) in [5.74, 6) is 2.20. The largest absolute Gasteiger partial charge is 0.476 e. The van der Waals surface area contributed by atoms with E-state index in [-0.39, 0.29) is 0 Å². The van der Waals surface area contributed by atoms with E-state index in [9.17, 15) is 0 Å². The molecule has 0 spiro atoms. The highest BCUT2D eigenvalue weighted by Crippen LogP contribution is 2.22. The van der Waals surface area contributed by atoms with E-state index in [2.05, 4.69) is 22.2 Å².